The Bertz CT molecular complexity index is 1990. The molecule has 76 heavy (non-hydrogen) atoms. The number of nitrogens with one attached hydrogen (secondary N) is 1. The van der Waals surface area contributed by atoms with E-state index in [-0.39, 0.29) is 36.3 Å². The van der Waals surface area contributed by atoms with Crippen molar-refractivity contribution in [3.63, 3.8) is 0 Å². The maximum Gasteiger partial charge on any atom is 0.737 e. The summed E-state index contributed by atoms with van der Waals surface area (Å²) >= 11 is 0. The largest absolute Gasteiger partial charge is 0.737 e. The van der Waals surface area contributed by atoms with Gasteiger partial charge in [-0.2, -0.15) is 0 Å². The van der Waals surface area contributed by atoms with Gasteiger partial charge in [0.2, 0.25) is 5.91 Å². The van der Waals surface area contributed by atoms with Crippen LogP contribution in [0, 0.1) is 13.8 Å². The smallest absolute Gasteiger partial charge is 0.462 e. The van der Waals surface area contributed by atoms with Crippen molar-refractivity contribution in [1.29, 1.82) is 0 Å². The highest BCUT2D eigenvalue weighted by molar-refractivity contribution is 6.58. The molecule has 0 saturated heterocycles. The second kappa shape index (κ2) is 39.1. The molecule has 0 aromatic carbocycles. The van der Waals surface area contributed by atoms with Crippen molar-refractivity contribution < 1.29 is 46.5 Å². The highest BCUT2D eigenvalue weighted by Crippen LogP contribution is 2.43. The minimum absolute atomic E-state index is 0.0657. The fourth-order valence-corrected chi connectivity index (χ4v) is 10.7. The molecule has 1 N–H and O–H groups in total. The van der Waals surface area contributed by atoms with Crippen LogP contribution in [-0.2, 0) is 33.4 Å². The van der Waals surface area contributed by atoms with Crippen molar-refractivity contribution in [2.45, 2.75) is 253 Å². The number of esters is 3. The number of unbranched alkanes of at least 4 members (excludes halogenated alkanes) is 19. The van der Waals surface area contributed by atoms with Gasteiger partial charge in [0.1, 0.15) is 25.0 Å². The monoisotopic (exact) mass is 1060 g/mol. The number of aryl methyl sites for hydroxylation is 2. The lowest BCUT2D eigenvalue weighted by Crippen LogP contribution is -2.51. The Morgan fingerprint density at radius 1 is 0.645 bits per heavy atom. The van der Waals surface area contributed by atoms with Gasteiger partial charge in [-0.15, -0.1) is 0 Å². The lowest BCUT2D eigenvalue weighted by Gasteiger charge is -2.34. The molecule has 0 fully saturated rings. The molecule has 0 spiro atoms. The van der Waals surface area contributed by atoms with E-state index < -0.39 is 6.97 Å². The zero-order chi connectivity index (χ0) is 55.4. The molecule has 1 aromatic rings. The number of hydrogen-bond donors (Lipinski definition) is 1. The van der Waals surface area contributed by atoms with E-state index in [9.17, 15) is 19.2 Å². The van der Waals surface area contributed by atoms with E-state index >= 15 is 8.63 Å². The van der Waals surface area contributed by atoms with Gasteiger partial charge in [0.15, 0.2) is 5.70 Å². The first-order valence-corrected chi connectivity index (χ1v) is 30.2. The molecule has 11 nitrogen and oxygen atoms in total. The van der Waals surface area contributed by atoms with Crippen LogP contribution in [0.2, 0.25) is 0 Å². The van der Waals surface area contributed by atoms with E-state index in [0.717, 1.165) is 152 Å². The fraction of sp³-hybridized carbons (Fsp3) is 0.726. The molecule has 3 heterocycles. The number of hydrogen-bond acceptors (Lipinski definition) is 8. The average molecular weight is 1070 g/mol. The Balaban J connectivity index is 1.30. The number of rotatable bonds is 45. The van der Waals surface area contributed by atoms with E-state index in [0.29, 0.717) is 68.2 Å². The molecule has 0 bridgehead atoms. The first-order chi connectivity index (χ1) is 36.7. The van der Waals surface area contributed by atoms with Gasteiger partial charge in [-0.1, -0.05) is 128 Å². The maximum atomic E-state index is 15.9. The molecule has 1 amide bonds. The lowest BCUT2D eigenvalue weighted by molar-refractivity contribution is -0.363. The minimum Gasteiger partial charge on any atom is -0.462 e. The summed E-state index contributed by atoms with van der Waals surface area (Å²) in [7, 11) is 2.09. The first kappa shape index (κ1) is 66.0. The van der Waals surface area contributed by atoms with Crippen LogP contribution >= 0.6 is 0 Å². The molecule has 14 heteroatoms. The van der Waals surface area contributed by atoms with E-state index in [4.69, 9.17) is 14.2 Å². The van der Waals surface area contributed by atoms with Gasteiger partial charge in [0.25, 0.3) is 0 Å². The third-order valence-electron chi connectivity index (χ3n) is 14.9. The quantitative estimate of drug-likeness (QED) is 0.0226. The third kappa shape index (κ3) is 25.9. The highest BCUT2D eigenvalue weighted by Gasteiger charge is 2.54. The summed E-state index contributed by atoms with van der Waals surface area (Å²) in [5, 5.41) is 3.06. The first-order valence-electron chi connectivity index (χ1n) is 30.2. The van der Waals surface area contributed by atoms with Crippen molar-refractivity contribution in [2.75, 3.05) is 39.9 Å². The van der Waals surface area contributed by atoms with Crippen molar-refractivity contribution >= 4 is 42.1 Å². The van der Waals surface area contributed by atoms with E-state index in [1.807, 2.05) is 38.1 Å². The number of carbonyl (C=O) groups is 4. The average Bonchev–Trinajstić information content (AvgIpc) is 3.91. The summed E-state index contributed by atoms with van der Waals surface area (Å²) in [5.74, 6) is -0.458. The Kier molecular flexibility index (Phi) is 33.9. The van der Waals surface area contributed by atoms with Crippen molar-refractivity contribution in [2.24, 2.45) is 0 Å². The topological polar surface area (TPSA) is 119 Å². The fourth-order valence-electron chi connectivity index (χ4n) is 10.7. The second-order valence-electron chi connectivity index (χ2n) is 21.8. The number of carbonyl (C=O) groups excluding carboxylic acids is 4. The molecule has 430 valence electrons. The Morgan fingerprint density at radius 2 is 1.16 bits per heavy atom. The van der Waals surface area contributed by atoms with E-state index in [1.54, 1.807) is 13.8 Å². The molecule has 0 atom stereocenters. The number of allylic oxidation sites excluding steroid dienone is 5. The van der Waals surface area contributed by atoms with Gasteiger partial charge in [-0.25, -0.2) is 0 Å². The Hall–Kier alpha value is -4.33. The van der Waals surface area contributed by atoms with Gasteiger partial charge < -0.3 is 42.0 Å². The van der Waals surface area contributed by atoms with Crippen LogP contribution in [0.1, 0.15) is 250 Å². The Labute approximate surface area is 459 Å². The molecule has 2 aliphatic rings. The molecular weight excluding hydrogens is 962 g/mol. The number of amides is 1. The molecular formula is C62H103BF2N4O7. The van der Waals surface area contributed by atoms with Crippen LogP contribution in [0.5, 0.6) is 0 Å². The molecule has 2 aliphatic heterocycles. The predicted molar refractivity (Wildman–Crippen MR) is 309 cm³/mol. The summed E-state index contributed by atoms with van der Waals surface area (Å²) in [5.41, 5.74) is 4.56. The zero-order valence-corrected chi connectivity index (χ0v) is 48.7. The summed E-state index contributed by atoms with van der Waals surface area (Å²) in [6, 6.07) is 1.81. The highest BCUT2D eigenvalue weighted by atomic mass is 19.2. The van der Waals surface area contributed by atoms with Crippen LogP contribution in [0.4, 0.5) is 8.63 Å². The summed E-state index contributed by atoms with van der Waals surface area (Å²) in [6.45, 7) is 10.6. The van der Waals surface area contributed by atoms with Gasteiger partial charge in [0.05, 0.1) is 0 Å². The van der Waals surface area contributed by atoms with Gasteiger partial charge in [-0.05, 0) is 148 Å². The number of fused-ring (bicyclic) bond motifs is 2. The SMILES string of the molecule is CCCCCC/C=C\COC(=O)CCCCCCCC(CCCCCCCC(=O)OC/C=C\CCCCCC)OC(=O)CCCN(C)CCCCCCNC(=O)CCC1=C2C(C)=CC(C)=[N+]2[B-](F)(F)n2c(C)cc(C)c21. The Morgan fingerprint density at radius 3 is 1.75 bits per heavy atom. The van der Waals surface area contributed by atoms with Crippen molar-refractivity contribution in [3.05, 3.63) is 64.7 Å². The molecule has 0 aliphatic carbocycles. The summed E-state index contributed by atoms with van der Waals surface area (Å²) < 4.78 is 51.0. The van der Waals surface area contributed by atoms with Crippen molar-refractivity contribution in [1.82, 2.24) is 14.7 Å². The van der Waals surface area contributed by atoms with Crippen LogP contribution in [-0.4, -0.2) is 96.4 Å². The van der Waals surface area contributed by atoms with E-state index in [2.05, 4.69) is 43.3 Å². The standard InChI is InChI=1S/C62H103BF2N4O7/c1-8-10-12-14-16-26-34-47-74-58(71)39-30-22-18-20-28-37-55(38-29-21-19-23-31-40-59(72)75-48-35-27-17-15-13-11-9-2)76-60(73)41-36-46-67(7)45-33-25-24-32-44-66-57(70)43-42-56-61-51(3)49-53(5)68(61)63(64,65)69-54(6)50-52(4)62(56)69/h26-27,34-35,49-50,55H,8-25,28-33,36-48H2,1-7H3,(H,66,70)/b34-26-,35-27-. The van der Waals surface area contributed by atoms with Crippen LogP contribution in [0.15, 0.2) is 47.7 Å². The van der Waals surface area contributed by atoms with Crippen LogP contribution < -0.4 is 5.32 Å². The molecule has 1 aromatic heterocycles. The molecule has 3 rings (SSSR count). The summed E-state index contributed by atoms with van der Waals surface area (Å²) in [4.78, 5) is 52.7. The maximum absolute atomic E-state index is 15.9. The number of ether oxygens (including phenoxy) is 3. The normalized spacial score (nSPS) is 14.1. The zero-order valence-electron chi connectivity index (χ0n) is 48.7. The number of halogens is 2. The number of nitrogens with zero attached hydrogens (tertiary/aromatic N) is 3. The second-order valence-corrected chi connectivity index (χ2v) is 21.8. The van der Waals surface area contributed by atoms with Gasteiger partial charge in [-0.3, -0.25) is 19.2 Å². The van der Waals surface area contributed by atoms with E-state index in [1.165, 1.54) is 60.3 Å². The van der Waals surface area contributed by atoms with Crippen LogP contribution in [0.25, 0.3) is 5.57 Å². The van der Waals surface area contributed by atoms with Gasteiger partial charge >= 0.3 is 24.9 Å². The number of aromatic nitrogens is 1. The van der Waals surface area contributed by atoms with Crippen molar-refractivity contribution in [3.8, 4) is 0 Å². The molecule has 0 radical (unpaired) electrons. The van der Waals surface area contributed by atoms with Crippen LogP contribution in [0.3, 0.4) is 0 Å². The molecule has 0 unspecified atom stereocenters. The third-order valence-corrected chi connectivity index (χ3v) is 14.9. The lowest BCUT2D eigenvalue weighted by atomic mass is 9.84. The predicted octanol–water partition coefficient (Wildman–Crippen LogP) is 15.2. The van der Waals surface area contributed by atoms with Gasteiger partial charge in [0, 0.05) is 62.1 Å². The molecule has 0 saturated carbocycles. The minimum atomic E-state index is -4.02. The summed E-state index contributed by atoms with van der Waals surface area (Å²) in [6.07, 6.45) is 39.8.